The van der Waals surface area contributed by atoms with E-state index >= 15 is 0 Å². The van der Waals surface area contributed by atoms with Crippen LogP contribution in [0, 0.1) is 23.2 Å². The number of ether oxygens (including phenoxy) is 2. The maximum atomic E-state index is 12.2. The summed E-state index contributed by atoms with van der Waals surface area (Å²) in [5, 5.41) is 3.05. The van der Waals surface area contributed by atoms with Crippen LogP contribution in [-0.4, -0.2) is 37.1 Å². The molecule has 0 unspecified atom stereocenters. The molecule has 0 spiro atoms. The van der Waals surface area contributed by atoms with Crippen LogP contribution in [0.25, 0.3) is 0 Å². The lowest BCUT2D eigenvalue weighted by Crippen LogP contribution is -2.56. The van der Waals surface area contributed by atoms with Crippen LogP contribution in [-0.2, 0) is 23.9 Å². The Balaban J connectivity index is 1.45. The summed E-state index contributed by atoms with van der Waals surface area (Å²) in [7, 11) is 0. The van der Waals surface area contributed by atoms with E-state index in [1.165, 1.54) is 38.5 Å². The third kappa shape index (κ3) is 4.27. The molecule has 4 aliphatic carbocycles. The highest BCUT2D eigenvalue weighted by Crippen LogP contribution is 2.61. The second kappa shape index (κ2) is 7.80. The van der Waals surface area contributed by atoms with Crippen molar-refractivity contribution in [3.05, 3.63) is 12.2 Å². The Morgan fingerprint density at radius 3 is 2.00 bits per heavy atom. The number of esters is 2. The van der Waals surface area contributed by atoms with Gasteiger partial charge in [0.2, 0.25) is 0 Å². The monoisotopic (exact) mass is 363 g/mol. The fourth-order valence-electron chi connectivity index (χ4n) is 5.66. The zero-order chi connectivity index (χ0) is 18.7. The van der Waals surface area contributed by atoms with E-state index in [1.807, 2.05) is 0 Å². The van der Waals surface area contributed by atoms with Crippen molar-refractivity contribution in [3.63, 3.8) is 0 Å². The van der Waals surface area contributed by atoms with Gasteiger partial charge in [0.25, 0.3) is 5.91 Å². The summed E-state index contributed by atoms with van der Waals surface area (Å²) >= 11 is 0. The third-order valence-electron chi connectivity index (χ3n) is 6.37. The Morgan fingerprint density at radius 2 is 1.50 bits per heavy atom. The average Bonchev–Trinajstić information content (AvgIpc) is 2.57. The van der Waals surface area contributed by atoms with Gasteiger partial charge in [0.1, 0.15) is 0 Å². The third-order valence-corrected chi connectivity index (χ3v) is 6.37. The maximum Gasteiger partial charge on any atom is 0.331 e. The Kier molecular flexibility index (Phi) is 5.68. The van der Waals surface area contributed by atoms with Crippen molar-refractivity contribution >= 4 is 17.8 Å². The van der Waals surface area contributed by atoms with E-state index in [0.29, 0.717) is 0 Å². The van der Waals surface area contributed by atoms with Crippen LogP contribution < -0.4 is 5.32 Å². The molecule has 4 saturated carbocycles. The molecule has 1 amide bonds. The molecule has 4 aliphatic rings. The molecule has 0 aromatic heterocycles. The quantitative estimate of drug-likeness (QED) is 0.555. The van der Waals surface area contributed by atoms with Crippen molar-refractivity contribution in [3.8, 4) is 0 Å². The first-order chi connectivity index (χ1) is 12.4. The smallest absolute Gasteiger partial charge is 0.331 e. The van der Waals surface area contributed by atoms with Gasteiger partial charge in [-0.3, -0.25) is 4.79 Å². The van der Waals surface area contributed by atoms with E-state index < -0.39 is 11.9 Å². The van der Waals surface area contributed by atoms with Crippen LogP contribution in [0.1, 0.15) is 52.4 Å². The summed E-state index contributed by atoms with van der Waals surface area (Å²) < 4.78 is 9.58. The summed E-state index contributed by atoms with van der Waals surface area (Å²) in [6.07, 6.45) is 9.71. The molecule has 26 heavy (non-hydrogen) atoms. The van der Waals surface area contributed by atoms with Crippen LogP contribution in [0.15, 0.2) is 12.2 Å². The zero-order valence-corrected chi connectivity index (χ0v) is 15.7. The molecule has 1 atom stereocenters. The van der Waals surface area contributed by atoms with Gasteiger partial charge in [-0.25, -0.2) is 9.59 Å². The van der Waals surface area contributed by atoms with Gasteiger partial charge in [-0.2, -0.15) is 0 Å². The van der Waals surface area contributed by atoms with Gasteiger partial charge >= 0.3 is 11.9 Å². The van der Waals surface area contributed by atoms with Gasteiger partial charge in [0, 0.05) is 18.2 Å². The molecular formula is C20H29NO5. The summed E-state index contributed by atoms with van der Waals surface area (Å²) in [6.45, 7) is 3.68. The lowest BCUT2D eigenvalue weighted by Gasteiger charge is -2.59. The second-order valence-corrected chi connectivity index (χ2v) is 8.26. The van der Waals surface area contributed by atoms with Crippen LogP contribution in [0.5, 0.6) is 0 Å². The van der Waals surface area contributed by atoms with Gasteiger partial charge in [0.15, 0.2) is 6.61 Å². The topological polar surface area (TPSA) is 81.7 Å². The molecule has 0 saturated heterocycles. The summed E-state index contributed by atoms with van der Waals surface area (Å²) in [5.41, 5.74) is 0.220. The predicted octanol–water partition coefficient (Wildman–Crippen LogP) is 2.37. The highest BCUT2D eigenvalue weighted by atomic mass is 16.5. The first-order valence-electron chi connectivity index (χ1n) is 9.71. The van der Waals surface area contributed by atoms with Crippen molar-refractivity contribution in [2.75, 3.05) is 13.2 Å². The molecule has 0 radical (unpaired) electrons. The lowest BCUT2D eigenvalue weighted by molar-refractivity contribution is -0.145. The largest absolute Gasteiger partial charge is 0.463 e. The molecule has 6 nitrogen and oxygen atoms in total. The molecule has 4 fully saturated rings. The zero-order valence-electron chi connectivity index (χ0n) is 15.7. The molecule has 6 heteroatoms. The summed E-state index contributed by atoms with van der Waals surface area (Å²) in [4.78, 5) is 34.9. The molecule has 0 heterocycles. The van der Waals surface area contributed by atoms with E-state index in [-0.39, 0.29) is 30.6 Å². The standard InChI is InChI=1S/C20H29NO5/c1-3-25-18(23)4-5-19(24)26-12-17(22)21-13(2)20-9-14-6-15(10-20)8-16(7-14)11-20/h4-5,13-16H,3,6-12H2,1-2H3,(H,21,22)/b5-4+/t13-,14?,15?,16?,20?/m0/s1. The molecule has 4 rings (SSSR count). The average molecular weight is 363 g/mol. The van der Waals surface area contributed by atoms with E-state index in [0.717, 1.165) is 29.9 Å². The number of rotatable bonds is 7. The van der Waals surface area contributed by atoms with Crippen molar-refractivity contribution < 1.29 is 23.9 Å². The van der Waals surface area contributed by atoms with Crippen LogP contribution in [0.2, 0.25) is 0 Å². The summed E-state index contributed by atoms with van der Waals surface area (Å²) in [6, 6.07) is 0.0946. The SMILES string of the molecule is CCOC(=O)/C=C/C(=O)OCC(=O)N[C@@H](C)C12CC3CC(CC(C3)C1)C2. The van der Waals surface area contributed by atoms with Gasteiger partial charge in [0.05, 0.1) is 6.61 Å². The number of nitrogens with one attached hydrogen (secondary N) is 1. The van der Waals surface area contributed by atoms with E-state index in [4.69, 9.17) is 4.74 Å². The van der Waals surface area contributed by atoms with Gasteiger partial charge < -0.3 is 14.8 Å². The van der Waals surface area contributed by atoms with E-state index in [2.05, 4.69) is 17.0 Å². The van der Waals surface area contributed by atoms with Crippen molar-refractivity contribution in [2.24, 2.45) is 23.2 Å². The number of carbonyl (C=O) groups excluding carboxylic acids is 3. The van der Waals surface area contributed by atoms with Crippen LogP contribution in [0.4, 0.5) is 0 Å². The van der Waals surface area contributed by atoms with Crippen molar-refractivity contribution in [1.82, 2.24) is 5.32 Å². The fraction of sp³-hybridized carbons (Fsp3) is 0.750. The number of hydrogen-bond donors (Lipinski definition) is 1. The minimum absolute atomic E-state index is 0.0946. The lowest BCUT2D eigenvalue weighted by atomic mass is 9.48. The second-order valence-electron chi connectivity index (χ2n) is 8.26. The Hall–Kier alpha value is -1.85. The number of amides is 1. The molecule has 0 aliphatic heterocycles. The van der Waals surface area contributed by atoms with Gasteiger partial charge in [-0.05, 0) is 75.5 Å². The first kappa shape index (κ1) is 18.9. The van der Waals surface area contributed by atoms with E-state index in [1.54, 1.807) is 6.92 Å². The van der Waals surface area contributed by atoms with Gasteiger partial charge in [-0.15, -0.1) is 0 Å². The predicted molar refractivity (Wildman–Crippen MR) is 94.9 cm³/mol. The first-order valence-corrected chi connectivity index (χ1v) is 9.71. The minimum atomic E-state index is -0.726. The normalized spacial score (nSPS) is 33.1. The fourth-order valence-corrected chi connectivity index (χ4v) is 5.66. The Labute approximate surface area is 154 Å². The Bertz CT molecular complexity index is 562. The number of carbonyl (C=O) groups is 3. The van der Waals surface area contributed by atoms with Gasteiger partial charge in [-0.1, -0.05) is 0 Å². The van der Waals surface area contributed by atoms with Crippen molar-refractivity contribution in [1.29, 1.82) is 0 Å². The molecule has 0 aromatic carbocycles. The highest BCUT2D eigenvalue weighted by Gasteiger charge is 2.53. The van der Waals surface area contributed by atoms with Crippen LogP contribution >= 0.6 is 0 Å². The van der Waals surface area contributed by atoms with E-state index in [9.17, 15) is 14.4 Å². The maximum absolute atomic E-state index is 12.2. The van der Waals surface area contributed by atoms with Crippen molar-refractivity contribution in [2.45, 2.75) is 58.4 Å². The Morgan fingerprint density at radius 1 is 1.00 bits per heavy atom. The molecule has 144 valence electrons. The molecule has 4 bridgehead atoms. The number of hydrogen-bond acceptors (Lipinski definition) is 5. The summed E-state index contributed by atoms with van der Waals surface area (Å²) in [5.74, 6) is 0.857. The molecular weight excluding hydrogens is 334 g/mol. The highest BCUT2D eigenvalue weighted by molar-refractivity contribution is 5.92. The molecule has 0 aromatic rings. The minimum Gasteiger partial charge on any atom is -0.463 e. The van der Waals surface area contributed by atoms with Crippen LogP contribution in [0.3, 0.4) is 0 Å². The molecule has 1 N–H and O–H groups in total.